The van der Waals surface area contributed by atoms with Crippen LogP contribution in [0.3, 0.4) is 0 Å². The van der Waals surface area contributed by atoms with Crippen LogP contribution >= 0.6 is 0 Å². The average Bonchev–Trinajstić information content (AvgIpc) is 2.88. The van der Waals surface area contributed by atoms with E-state index in [9.17, 15) is 8.42 Å². The van der Waals surface area contributed by atoms with Gasteiger partial charge in [-0.15, -0.1) is 0 Å². The van der Waals surface area contributed by atoms with Crippen LogP contribution < -0.4 is 11.3 Å². The first-order chi connectivity index (χ1) is 8.57. The summed E-state index contributed by atoms with van der Waals surface area (Å²) in [5.41, 5.74) is 3.18. The number of sulfonamides is 1. The minimum Gasteiger partial charge on any atom is -0.324 e. The van der Waals surface area contributed by atoms with Gasteiger partial charge in [-0.1, -0.05) is 13.3 Å². The van der Waals surface area contributed by atoms with Crippen molar-refractivity contribution in [3.05, 3.63) is 24.3 Å². The lowest BCUT2D eigenvalue weighted by atomic mass is 10.1. The lowest BCUT2D eigenvalue weighted by Crippen LogP contribution is -2.28. The maximum atomic E-state index is 12.4. The molecule has 0 bridgehead atoms. The van der Waals surface area contributed by atoms with Crippen LogP contribution in [0.5, 0.6) is 0 Å². The molecule has 100 valence electrons. The van der Waals surface area contributed by atoms with Gasteiger partial charge in [-0.25, -0.2) is 8.42 Å². The molecule has 0 aliphatic carbocycles. The number of nitrogen functional groups attached to an aromatic ring is 1. The van der Waals surface area contributed by atoms with Gasteiger partial charge in [0.2, 0.25) is 10.0 Å². The zero-order valence-corrected chi connectivity index (χ0v) is 11.3. The van der Waals surface area contributed by atoms with Crippen molar-refractivity contribution in [1.82, 2.24) is 4.31 Å². The second-order valence-electron chi connectivity index (χ2n) is 4.59. The summed E-state index contributed by atoms with van der Waals surface area (Å²) in [4.78, 5) is 0.332. The molecule has 0 amide bonds. The Labute approximate surface area is 108 Å². The normalized spacial score (nSPS) is 21.1. The van der Waals surface area contributed by atoms with E-state index in [1.165, 1.54) is 0 Å². The van der Waals surface area contributed by atoms with Gasteiger partial charge in [-0.05, 0) is 36.6 Å². The number of nitrogens with two attached hydrogens (primary N) is 1. The Balaban J connectivity index is 2.20. The topological polar surface area (TPSA) is 75.4 Å². The van der Waals surface area contributed by atoms with Crippen molar-refractivity contribution in [2.45, 2.75) is 24.7 Å². The van der Waals surface area contributed by atoms with Crippen LogP contribution in [-0.4, -0.2) is 25.8 Å². The molecule has 6 heteroatoms. The molecule has 1 aliphatic heterocycles. The molecule has 1 fully saturated rings. The van der Waals surface area contributed by atoms with Crippen LogP contribution in [0.25, 0.3) is 0 Å². The predicted molar refractivity (Wildman–Crippen MR) is 71.4 cm³/mol. The number of rotatable bonds is 4. The third kappa shape index (κ3) is 2.50. The van der Waals surface area contributed by atoms with Crippen LogP contribution in [0.4, 0.5) is 5.69 Å². The molecule has 1 saturated heterocycles. The second kappa shape index (κ2) is 5.26. The van der Waals surface area contributed by atoms with Crippen LogP contribution in [0, 0.1) is 5.92 Å². The zero-order valence-electron chi connectivity index (χ0n) is 10.5. The Hall–Kier alpha value is -1.11. The number of benzene rings is 1. The highest BCUT2D eigenvalue weighted by Gasteiger charge is 2.31. The first-order valence-electron chi connectivity index (χ1n) is 6.14. The standard InChI is InChI=1S/C12H19N3O2S/c1-2-10-7-8-15(9-10)18(16,17)12-5-3-11(14-13)4-6-12/h3-6,10,14H,2,7-9,13H2,1H3. The average molecular weight is 269 g/mol. The van der Waals surface area contributed by atoms with Crippen molar-refractivity contribution in [3.63, 3.8) is 0 Å². The van der Waals surface area contributed by atoms with Gasteiger partial charge in [-0.2, -0.15) is 4.31 Å². The largest absolute Gasteiger partial charge is 0.324 e. The summed E-state index contributed by atoms with van der Waals surface area (Å²) in [5, 5.41) is 0. The van der Waals surface area contributed by atoms with Gasteiger partial charge < -0.3 is 5.43 Å². The molecule has 1 unspecified atom stereocenters. The number of hydrogen-bond donors (Lipinski definition) is 2. The van der Waals surface area contributed by atoms with Crippen LogP contribution in [0.15, 0.2) is 29.2 Å². The van der Waals surface area contributed by atoms with E-state index in [2.05, 4.69) is 12.3 Å². The third-order valence-corrected chi connectivity index (χ3v) is 5.36. The van der Waals surface area contributed by atoms with E-state index in [0.717, 1.165) is 12.8 Å². The summed E-state index contributed by atoms with van der Waals surface area (Å²) >= 11 is 0. The Morgan fingerprint density at radius 1 is 1.39 bits per heavy atom. The van der Waals surface area contributed by atoms with Gasteiger partial charge >= 0.3 is 0 Å². The van der Waals surface area contributed by atoms with E-state index in [1.54, 1.807) is 28.6 Å². The van der Waals surface area contributed by atoms with E-state index in [0.29, 0.717) is 29.6 Å². The molecule has 18 heavy (non-hydrogen) atoms. The summed E-state index contributed by atoms with van der Waals surface area (Å²) in [6, 6.07) is 6.51. The second-order valence-corrected chi connectivity index (χ2v) is 6.53. The Kier molecular flexibility index (Phi) is 3.89. The van der Waals surface area contributed by atoms with E-state index >= 15 is 0 Å². The predicted octanol–water partition coefficient (Wildman–Crippen LogP) is 1.39. The molecule has 1 atom stereocenters. The molecule has 2 rings (SSSR count). The molecule has 3 N–H and O–H groups in total. The molecule has 0 radical (unpaired) electrons. The van der Waals surface area contributed by atoms with Crippen molar-refractivity contribution >= 4 is 15.7 Å². The van der Waals surface area contributed by atoms with Gasteiger partial charge in [0, 0.05) is 18.8 Å². The van der Waals surface area contributed by atoms with Crippen molar-refractivity contribution in [2.75, 3.05) is 18.5 Å². The monoisotopic (exact) mass is 269 g/mol. The first kappa shape index (κ1) is 13.3. The molecule has 1 aliphatic rings. The zero-order chi connectivity index (χ0) is 13.2. The fourth-order valence-electron chi connectivity index (χ4n) is 2.22. The molecule has 1 aromatic carbocycles. The van der Waals surface area contributed by atoms with Crippen molar-refractivity contribution in [3.8, 4) is 0 Å². The molecule has 0 aromatic heterocycles. The Bertz CT molecular complexity index is 499. The SMILES string of the molecule is CCC1CCN(S(=O)(=O)c2ccc(NN)cc2)C1. The fourth-order valence-corrected chi connectivity index (χ4v) is 3.75. The molecule has 1 heterocycles. The quantitative estimate of drug-likeness (QED) is 0.640. The highest BCUT2D eigenvalue weighted by Crippen LogP contribution is 2.26. The van der Waals surface area contributed by atoms with Gasteiger partial charge in [0.25, 0.3) is 0 Å². The lowest BCUT2D eigenvalue weighted by molar-refractivity contribution is 0.453. The molecule has 5 nitrogen and oxygen atoms in total. The van der Waals surface area contributed by atoms with E-state index in [4.69, 9.17) is 5.84 Å². The maximum Gasteiger partial charge on any atom is 0.243 e. The van der Waals surface area contributed by atoms with E-state index in [1.807, 2.05) is 0 Å². The minimum atomic E-state index is -3.34. The van der Waals surface area contributed by atoms with E-state index < -0.39 is 10.0 Å². The highest BCUT2D eigenvalue weighted by atomic mass is 32.2. The number of hydrazine groups is 1. The van der Waals surface area contributed by atoms with Gasteiger partial charge in [-0.3, -0.25) is 5.84 Å². The van der Waals surface area contributed by atoms with Crippen LogP contribution in [-0.2, 0) is 10.0 Å². The summed E-state index contributed by atoms with van der Waals surface area (Å²) in [5.74, 6) is 5.75. The first-order valence-corrected chi connectivity index (χ1v) is 7.58. The lowest BCUT2D eigenvalue weighted by Gasteiger charge is -2.16. The van der Waals surface area contributed by atoms with Crippen molar-refractivity contribution < 1.29 is 8.42 Å². The minimum absolute atomic E-state index is 0.332. The van der Waals surface area contributed by atoms with Gasteiger partial charge in [0.15, 0.2) is 0 Å². The number of nitrogens with zero attached hydrogens (tertiary/aromatic N) is 1. The maximum absolute atomic E-state index is 12.4. The van der Waals surface area contributed by atoms with Crippen LogP contribution in [0.1, 0.15) is 19.8 Å². The van der Waals surface area contributed by atoms with Crippen molar-refractivity contribution in [2.24, 2.45) is 11.8 Å². The highest BCUT2D eigenvalue weighted by molar-refractivity contribution is 7.89. The van der Waals surface area contributed by atoms with Gasteiger partial charge in [0.1, 0.15) is 0 Å². The number of nitrogens with one attached hydrogen (secondary N) is 1. The smallest absolute Gasteiger partial charge is 0.243 e. The molecule has 0 saturated carbocycles. The van der Waals surface area contributed by atoms with Gasteiger partial charge in [0.05, 0.1) is 4.90 Å². The number of anilines is 1. The number of hydrogen-bond acceptors (Lipinski definition) is 4. The summed E-state index contributed by atoms with van der Waals surface area (Å²) in [6.45, 7) is 3.36. The van der Waals surface area contributed by atoms with E-state index in [-0.39, 0.29) is 0 Å². The summed E-state index contributed by atoms with van der Waals surface area (Å²) in [7, 11) is -3.34. The fraction of sp³-hybridized carbons (Fsp3) is 0.500. The summed E-state index contributed by atoms with van der Waals surface area (Å²) in [6.07, 6.45) is 1.99. The molecule has 1 aromatic rings. The molecular formula is C12H19N3O2S. The third-order valence-electron chi connectivity index (χ3n) is 3.48. The van der Waals surface area contributed by atoms with Crippen molar-refractivity contribution in [1.29, 1.82) is 0 Å². The molecular weight excluding hydrogens is 250 g/mol. The Morgan fingerprint density at radius 3 is 2.56 bits per heavy atom. The van der Waals surface area contributed by atoms with Crippen LogP contribution in [0.2, 0.25) is 0 Å². The summed E-state index contributed by atoms with van der Waals surface area (Å²) < 4.78 is 26.3. The molecule has 0 spiro atoms. The Morgan fingerprint density at radius 2 is 2.06 bits per heavy atom.